The van der Waals surface area contributed by atoms with Crippen LogP contribution in [0, 0.1) is 0 Å². The number of halogens is 1. The van der Waals surface area contributed by atoms with Gasteiger partial charge in [-0.1, -0.05) is 42.3 Å². The van der Waals surface area contributed by atoms with Gasteiger partial charge >= 0.3 is 0 Å². The number of hydrogen-bond acceptors (Lipinski definition) is 7. The highest BCUT2D eigenvalue weighted by atomic mass is 35.5. The van der Waals surface area contributed by atoms with Crippen molar-refractivity contribution >= 4 is 35.0 Å². The van der Waals surface area contributed by atoms with Gasteiger partial charge < -0.3 is 15.4 Å². The largest absolute Gasteiger partial charge is 0.494 e. The van der Waals surface area contributed by atoms with Crippen molar-refractivity contribution in [1.29, 1.82) is 0 Å². The maximum atomic E-state index is 5.98. The highest BCUT2D eigenvalue weighted by molar-refractivity contribution is 6.99. The normalized spacial score (nSPS) is 14.3. The van der Waals surface area contributed by atoms with Crippen molar-refractivity contribution in [2.45, 2.75) is 38.8 Å². The molecule has 1 saturated heterocycles. The molecule has 0 aliphatic carbocycles. The second-order valence-electron chi connectivity index (χ2n) is 8.05. The lowest BCUT2D eigenvalue weighted by atomic mass is 10.1. The van der Waals surface area contributed by atoms with E-state index in [0.717, 1.165) is 47.5 Å². The summed E-state index contributed by atoms with van der Waals surface area (Å²) in [4.78, 5) is 2.53. The molecule has 0 unspecified atom stereocenters. The SMILES string of the molecule is Clc1ccc(CNc2nsnc2NCCCOc2cccc(CN3CCCCC3)c2)cc1. The third-order valence-corrected chi connectivity index (χ3v) is 6.28. The monoisotopic (exact) mass is 471 g/mol. The zero-order valence-electron chi connectivity index (χ0n) is 18.2. The van der Waals surface area contributed by atoms with E-state index < -0.39 is 0 Å². The van der Waals surface area contributed by atoms with Crippen LogP contribution in [0.5, 0.6) is 5.75 Å². The zero-order chi connectivity index (χ0) is 22.0. The van der Waals surface area contributed by atoms with Gasteiger partial charge in [-0.3, -0.25) is 4.90 Å². The fourth-order valence-electron chi connectivity index (χ4n) is 3.79. The molecule has 170 valence electrons. The Hall–Kier alpha value is -2.35. The number of benzene rings is 2. The highest BCUT2D eigenvalue weighted by Crippen LogP contribution is 2.20. The first kappa shape index (κ1) is 22.8. The number of rotatable bonds is 11. The molecule has 2 aromatic carbocycles. The molecule has 0 radical (unpaired) electrons. The van der Waals surface area contributed by atoms with Crippen LogP contribution in [-0.4, -0.2) is 39.9 Å². The Bertz CT molecular complexity index is 959. The van der Waals surface area contributed by atoms with Crippen LogP contribution >= 0.6 is 23.3 Å². The molecule has 0 bridgehead atoms. The second kappa shape index (κ2) is 12.0. The molecule has 0 spiro atoms. The lowest BCUT2D eigenvalue weighted by Crippen LogP contribution is -2.29. The van der Waals surface area contributed by atoms with E-state index in [1.807, 2.05) is 30.3 Å². The topological polar surface area (TPSA) is 62.3 Å². The third kappa shape index (κ3) is 7.08. The molecular weight excluding hydrogens is 442 g/mol. The zero-order valence-corrected chi connectivity index (χ0v) is 19.8. The average molecular weight is 472 g/mol. The van der Waals surface area contributed by atoms with Gasteiger partial charge in [0.05, 0.1) is 18.3 Å². The third-order valence-electron chi connectivity index (χ3n) is 5.50. The molecule has 1 aliphatic heterocycles. The molecule has 1 fully saturated rings. The quantitative estimate of drug-likeness (QED) is 0.351. The van der Waals surface area contributed by atoms with Crippen LogP contribution in [0.4, 0.5) is 11.6 Å². The van der Waals surface area contributed by atoms with E-state index in [2.05, 4.69) is 42.5 Å². The number of likely N-dealkylation sites (tertiary alicyclic amines) is 1. The number of aromatic nitrogens is 2. The van der Waals surface area contributed by atoms with E-state index >= 15 is 0 Å². The summed E-state index contributed by atoms with van der Waals surface area (Å²) < 4.78 is 14.7. The predicted octanol–water partition coefficient (Wildman–Crippen LogP) is 5.67. The molecule has 1 aliphatic rings. The average Bonchev–Trinajstić information content (AvgIpc) is 3.27. The second-order valence-corrected chi connectivity index (χ2v) is 9.02. The molecule has 32 heavy (non-hydrogen) atoms. The lowest BCUT2D eigenvalue weighted by Gasteiger charge is -2.26. The Balaban J connectivity index is 1.16. The summed E-state index contributed by atoms with van der Waals surface area (Å²) >= 11 is 7.14. The van der Waals surface area contributed by atoms with Crippen LogP contribution in [0.15, 0.2) is 48.5 Å². The first-order valence-electron chi connectivity index (χ1n) is 11.2. The van der Waals surface area contributed by atoms with Crippen molar-refractivity contribution in [3.8, 4) is 5.75 Å². The van der Waals surface area contributed by atoms with Gasteiger partial charge in [-0.05, 0) is 67.7 Å². The number of nitrogens with zero attached hydrogens (tertiary/aromatic N) is 3. The van der Waals surface area contributed by atoms with Crippen LogP contribution in [0.2, 0.25) is 5.02 Å². The van der Waals surface area contributed by atoms with E-state index in [1.165, 1.54) is 49.6 Å². The van der Waals surface area contributed by atoms with Crippen LogP contribution in [0.3, 0.4) is 0 Å². The summed E-state index contributed by atoms with van der Waals surface area (Å²) in [5, 5.41) is 7.43. The molecule has 3 aromatic rings. The van der Waals surface area contributed by atoms with Gasteiger partial charge in [-0.25, -0.2) is 0 Å². The fourth-order valence-corrected chi connectivity index (χ4v) is 4.42. The minimum atomic E-state index is 0.658. The van der Waals surface area contributed by atoms with Crippen LogP contribution in [0.1, 0.15) is 36.8 Å². The van der Waals surface area contributed by atoms with E-state index in [1.54, 1.807) is 0 Å². The van der Waals surface area contributed by atoms with E-state index in [-0.39, 0.29) is 0 Å². The number of piperidine rings is 1. The highest BCUT2D eigenvalue weighted by Gasteiger charge is 2.11. The van der Waals surface area contributed by atoms with Gasteiger partial charge in [0.1, 0.15) is 5.75 Å². The number of hydrogen-bond donors (Lipinski definition) is 2. The summed E-state index contributed by atoms with van der Waals surface area (Å²) in [7, 11) is 0. The molecule has 2 heterocycles. The smallest absolute Gasteiger partial charge is 0.184 e. The first-order chi connectivity index (χ1) is 15.8. The first-order valence-corrected chi connectivity index (χ1v) is 12.4. The van der Waals surface area contributed by atoms with Crippen molar-refractivity contribution < 1.29 is 4.74 Å². The molecule has 8 heteroatoms. The van der Waals surface area contributed by atoms with Crippen LogP contribution < -0.4 is 15.4 Å². The summed E-state index contributed by atoms with van der Waals surface area (Å²) in [5.74, 6) is 2.50. The predicted molar refractivity (Wildman–Crippen MR) is 133 cm³/mol. The van der Waals surface area contributed by atoms with Crippen molar-refractivity contribution in [2.75, 3.05) is 36.9 Å². The van der Waals surface area contributed by atoms with Gasteiger partial charge in [0.15, 0.2) is 11.6 Å². The van der Waals surface area contributed by atoms with Gasteiger partial charge in [0, 0.05) is 24.7 Å². The minimum Gasteiger partial charge on any atom is -0.494 e. The van der Waals surface area contributed by atoms with Gasteiger partial charge in [-0.15, -0.1) is 0 Å². The van der Waals surface area contributed by atoms with Gasteiger partial charge in [0.25, 0.3) is 0 Å². The molecule has 1 aromatic heterocycles. The van der Waals surface area contributed by atoms with Crippen LogP contribution in [0.25, 0.3) is 0 Å². The molecule has 6 nitrogen and oxygen atoms in total. The Morgan fingerprint density at radius 2 is 1.72 bits per heavy atom. The summed E-state index contributed by atoms with van der Waals surface area (Å²) in [6, 6.07) is 16.3. The van der Waals surface area contributed by atoms with Crippen LogP contribution in [-0.2, 0) is 13.1 Å². The van der Waals surface area contributed by atoms with Gasteiger partial charge in [-0.2, -0.15) is 8.75 Å². The van der Waals surface area contributed by atoms with Crippen molar-refractivity contribution in [3.05, 3.63) is 64.7 Å². The Kier molecular flexibility index (Phi) is 8.59. The number of nitrogens with one attached hydrogen (secondary N) is 2. The van der Waals surface area contributed by atoms with E-state index in [4.69, 9.17) is 16.3 Å². The standard InChI is InChI=1S/C24H30ClN5OS/c25-21-10-8-19(9-11-21)17-27-24-23(28-32-29-24)26-12-5-15-31-22-7-4-6-20(16-22)18-30-13-2-1-3-14-30/h4,6-11,16H,1-3,5,12-15,17-18H2,(H,26,28)(H,27,29). The van der Waals surface area contributed by atoms with Crippen molar-refractivity contribution in [1.82, 2.24) is 13.6 Å². The minimum absolute atomic E-state index is 0.658. The summed E-state index contributed by atoms with van der Waals surface area (Å²) in [6.45, 7) is 5.53. The Morgan fingerprint density at radius 3 is 2.53 bits per heavy atom. The molecule has 2 N–H and O–H groups in total. The number of ether oxygens (including phenoxy) is 1. The van der Waals surface area contributed by atoms with Gasteiger partial charge in [0.2, 0.25) is 0 Å². The summed E-state index contributed by atoms with van der Waals surface area (Å²) in [5.41, 5.74) is 2.47. The molecule has 4 rings (SSSR count). The Morgan fingerprint density at radius 1 is 0.938 bits per heavy atom. The van der Waals surface area contributed by atoms with Crippen molar-refractivity contribution in [3.63, 3.8) is 0 Å². The molecule has 0 saturated carbocycles. The fraction of sp³-hybridized carbons (Fsp3) is 0.417. The molecule has 0 atom stereocenters. The van der Waals surface area contributed by atoms with E-state index in [0.29, 0.717) is 13.2 Å². The molecular formula is C24H30ClN5OS. The maximum Gasteiger partial charge on any atom is 0.184 e. The maximum absolute atomic E-state index is 5.98. The van der Waals surface area contributed by atoms with Crippen molar-refractivity contribution in [2.24, 2.45) is 0 Å². The Labute approximate surface area is 199 Å². The lowest BCUT2D eigenvalue weighted by molar-refractivity contribution is 0.220. The molecule has 0 amide bonds. The number of anilines is 2. The van der Waals surface area contributed by atoms with E-state index in [9.17, 15) is 0 Å². The summed E-state index contributed by atoms with van der Waals surface area (Å²) in [6.07, 6.45) is 4.88.